The van der Waals surface area contributed by atoms with E-state index in [9.17, 15) is 10.4 Å². The van der Waals surface area contributed by atoms with E-state index in [0.29, 0.717) is 0 Å². The zero-order valence-electron chi connectivity index (χ0n) is 12.4. The van der Waals surface area contributed by atoms with Gasteiger partial charge in [-0.3, -0.25) is 4.68 Å². The Morgan fingerprint density at radius 2 is 2.30 bits per heavy atom. The first-order valence-electron chi connectivity index (χ1n) is 7.68. The van der Waals surface area contributed by atoms with E-state index >= 15 is 0 Å². The number of nitriles is 1. The van der Waals surface area contributed by atoms with Crippen molar-refractivity contribution in [3.63, 3.8) is 0 Å². The number of fused-ring (bicyclic) bond motifs is 1. The molecular weight excluding hydrogens is 292 g/mol. The smallest absolute Gasteiger partial charge is 0.143 e. The number of aromatic amines is 1. The van der Waals surface area contributed by atoms with Crippen molar-refractivity contribution in [3.8, 4) is 17.3 Å². The number of H-pyrrole nitrogens is 1. The van der Waals surface area contributed by atoms with Crippen LogP contribution < -0.4 is 0 Å². The third-order valence-electron chi connectivity index (χ3n) is 4.58. The van der Waals surface area contributed by atoms with Crippen LogP contribution in [0.2, 0.25) is 0 Å². The number of aromatic nitrogens is 5. The second kappa shape index (κ2) is 5.48. The SMILES string of the molecule is N#CC(C1CCCC1O)n1cc(-c2ncnc3[nH]ccc23)cn1. The molecular formula is C16H16N6O. The Kier molecular flexibility index (Phi) is 3.32. The van der Waals surface area contributed by atoms with Crippen LogP contribution in [0.1, 0.15) is 25.3 Å². The molecule has 3 aromatic heterocycles. The lowest BCUT2D eigenvalue weighted by atomic mass is 9.97. The van der Waals surface area contributed by atoms with Crippen molar-refractivity contribution < 1.29 is 5.11 Å². The van der Waals surface area contributed by atoms with Gasteiger partial charge in [0.1, 0.15) is 18.0 Å². The minimum Gasteiger partial charge on any atom is -0.393 e. The van der Waals surface area contributed by atoms with E-state index in [1.165, 1.54) is 6.33 Å². The van der Waals surface area contributed by atoms with Crippen LogP contribution >= 0.6 is 0 Å². The molecule has 7 heteroatoms. The number of rotatable bonds is 3. The highest BCUT2D eigenvalue weighted by Gasteiger charge is 2.34. The van der Waals surface area contributed by atoms with Gasteiger partial charge in [0.15, 0.2) is 0 Å². The highest BCUT2D eigenvalue weighted by molar-refractivity contribution is 5.89. The summed E-state index contributed by atoms with van der Waals surface area (Å²) in [4.78, 5) is 11.6. The van der Waals surface area contributed by atoms with Crippen LogP contribution in [-0.4, -0.2) is 35.9 Å². The van der Waals surface area contributed by atoms with Crippen molar-refractivity contribution in [2.75, 3.05) is 0 Å². The van der Waals surface area contributed by atoms with Crippen LogP contribution in [0.3, 0.4) is 0 Å². The molecule has 0 aliphatic heterocycles. The van der Waals surface area contributed by atoms with E-state index in [-0.39, 0.29) is 5.92 Å². The summed E-state index contributed by atoms with van der Waals surface area (Å²) in [7, 11) is 0. The fourth-order valence-electron chi connectivity index (χ4n) is 3.40. The van der Waals surface area contributed by atoms with E-state index in [1.54, 1.807) is 10.9 Å². The van der Waals surface area contributed by atoms with Crippen LogP contribution in [0, 0.1) is 17.2 Å². The molecule has 0 saturated heterocycles. The summed E-state index contributed by atoms with van der Waals surface area (Å²) in [6, 6.07) is 3.76. The lowest BCUT2D eigenvalue weighted by molar-refractivity contribution is 0.111. The lowest BCUT2D eigenvalue weighted by Crippen LogP contribution is -2.25. The molecule has 2 N–H and O–H groups in total. The molecule has 0 spiro atoms. The van der Waals surface area contributed by atoms with Gasteiger partial charge in [-0.1, -0.05) is 6.42 Å². The molecule has 0 bridgehead atoms. The van der Waals surface area contributed by atoms with Gasteiger partial charge in [-0.2, -0.15) is 10.4 Å². The highest BCUT2D eigenvalue weighted by atomic mass is 16.3. The summed E-state index contributed by atoms with van der Waals surface area (Å²) in [6.07, 6.45) is 9.00. The summed E-state index contributed by atoms with van der Waals surface area (Å²) in [5.41, 5.74) is 2.39. The summed E-state index contributed by atoms with van der Waals surface area (Å²) < 4.78 is 1.65. The highest BCUT2D eigenvalue weighted by Crippen LogP contribution is 2.35. The molecule has 7 nitrogen and oxygen atoms in total. The second-order valence-corrected chi connectivity index (χ2v) is 5.91. The lowest BCUT2D eigenvalue weighted by Gasteiger charge is -2.20. The Bertz CT molecular complexity index is 876. The van der Waals surface area contributed by atoms with Crippen molar-refractivity contribution in [2.24, 2.45) is 5.92 Å². The summed E-state index contributed by atoms with van der Waals surface area (Å²) in [5, 5.41) is 24.9. The van der Waals surface area contributed by atoms with Crippen molar-refractivity contribution >= 4 is 11.0 Å². The Morgan fingerprint density at radius 3 is 3.09 bits per heavy atom. The number of nitrogens with zero attached hydrogens (tertiary/aromatic N) is 5. The molecule has 1 aliphatic carbocycles. The molecule has 116 valence electrons. The van der Waals surface area contributed by atoms with Crippen LogP contribution in [0.5, 0.6) is 0 Å². The first-order chi connectivity index (χ1) is 11.3. The van der Waals surface area contributed by atoms with Gasteiger partial charge in [-0.25, -0.2) is 9.97 Å². The zero-order valence-corrected chi connectivity index (χ0v) is 12.4. The van der Waals surface area contributed by atoms with Crippen molar-refractivity contribution in [1.29, 1.82) is 5.26 Å². The molecule has 23 heavy (non-hydrogen) atoms. The fourth-order valence-corrected chi connectivity index (χ4v) is 3.40. The van der Waals surface area contributed by atoms with Gasteiger partial charge in [-0.15, -0.1) is 0 Å². The molecule has 3 unspecified atom stereocenters. The Balaban J connectivity index is 1.71. The van der Waals surface area contributed by atoms with Crippen molar-refractivity contribution in [2.45, 2.75) is 31.4 Å². The molecule has 1 saturated carbocycles. The standard InChI is InChI=1S/C16H16N6O/c17-6-13(11-2-1-3-14(11)23)22-8-10(7-21-22)15-12-4-5-18-16(12)20-9-19-15/h4-5,7-9,11,13-14,23H,1-3H2,(H,18,19,20). The van der Waals surface area contributed by atoms with Gasteiger partial charge < -0.3 is 10.1 Å². The zero-order chi connectivity index (χ0) is 15.8. The molecule has 3 aromatic rings. The maximum absolute atomic E-state index is 10.1. The van der Waals surface area contributed by atoms with Gasteiger partial charge in [0.05, 0.1) is 24.1 Å². The van der Waals surface area contributed by atoms with Crippen LogP contribution in [0.4, 0.5) is 0 Å². The maximum atomic E-state index is 10.1. The molecule has 4 rings (SSSR count). The minimum atomic E-state index is -0.454. The van der Waals surface area contributed by atoms with Gasteiger partial charge in [0, 0.05) is 29.3 Å². The van der Waals surface area contributed by atoms with Gasteiger partial charge in [0.25, 0.3) is 0 Å². The van der Waals surface area contributed by atoms with Crippen LogP contribution in [-0.2, 0) is 0 Å². The second-order valence-electron chi connectivity index (χ2n) is 5.91. The summed E-state index contributed by atoms with van der Waals surface area (Å²) in [6.45, 7) is 0. The number of aliphatic hydroxyl groups is 1. The minimum absolute atomic E-state index is 0.0644. The average Bonchev–Trinajstić information content (AvgIpc) is 3.29. The van der Waals surface area contributed by atoms with E-state index in [1.807, 2.05) is 18.5 Å². The normalized spacial score (nSPS) is 22.3. The van der Waals surface area contributed by atoms with Crippen LogP contribution in [0.15, 0.2) is 31.0 Å². The first-order valence-corrected chi connectivity index (χ1v) is 7.68. The predicted molar refractivity (Wildman–Crippen MR) is 83.1 cm³/mol. The Hall–Kier alpha value is -2.72. The molecule has 1 fully saturated rings. The van der Waals surface area contributed by atoms with E-state index < -0.39 is 12.1 Å². The van der Waals surface area contributed by atoms with E-state index in [0.717, 1.165) is 41.6 Å². The van der Waals surface area contributed by atoms with E-state index in [4.69, 9.17) is 0 Å². The third kappa shape index (κ3) is 2.28. The predicted octanol–water partition coefficient (Wildman–Crippen LogP) is 2.05. The molecule has 0 radical (unpaired) electrons. The van der Waals surface area contributed by atoms with Crippen LogP contribution in [0.25, 0.3) is 22.3 Å². The Labute approximate surface area is 132 Å². The topological polar surface area (TPSA) is 103 Å². The summed E-state index contributed by atoms with van der Waals surface area (Å²) >= 11 is 0. The van der Waals surface area contributed by atoms with Crippen molar-refractivity contribution in [1.82, 2.24) is 24.7 Å². The van der Waals surface area contributed by atoms with Crippen molar-refractivity contribution in [3.05, 3.63) is 31.0 Å². The number of nitrogens with one attached hydrogen (secondary N) is 1. The average molecular weight is 308 g/mol. The number of hydrogen-bond donors (Lipinski definition) is 2. The summed E-state index contributed by atoms with van der Waals surface area (Å²) in [5.74, 6) is -0.0644. The molecule has 0 aromatic carbocycles. The van der Waals surface area contributed by atoms with E-state index in [2.05, 4.69) is 26.1 Å². The molecule has 3 atom stereocenters. The molecule has 3 heterocycles. The van der Waals surface area contributed by atoms with Gasteiger partial charge in [0.2, 0.25) is 0 Å². The fraction of sp³-hybridized carbons (Fsp3) is 0.375. The maximum Gasteiger partial charge on any atom is 0.143 e. The number of aliphatic hydroxyl groups excluding tert-OH is 1. The molecule has 1 aliphatic rings. The quantitative estimate of drug-likeness (QED) is 0.770. The third-order valence-corrected chi connectivity index (χ3v) is 4.58. The van der Waals surface area contributed by atoms with Gasteiger partial charge >= 0.3 is 0 Å². The first kappa shape index (κ1) is 13.9. The van der Waals surface area contributed by atoms with Gasteiger partial charge in [-0.05, 0) is 18.9 Å². The monoisotopic (exact) mass is 308 g/mol. The number of hydrogen-bond acceptors (Lipinski definition) is 5. The largest absolute Gasteiger partial charge is 0.393 e. The molecule has 0 amide bonds. The Morgan fingerprint density at radius 1 is 1.39 bits per heavy atom.